The summed E-state index contributed by atoms with van der Waals surface area (Å²) in [5.74, 6) is -0.985. The number of carbonyl (C=O) groups excluding carboxylic acids is 2. The van der Waals surface area contributed by atoms with Crippen LogP contribution in [0.3, 0.4) is 0 Å². The number of amides is 1. The number of β-lactam (4-membered cyclic amide) rings is 1. The lowest BCUT2D eigenvalue weighted by Gasteiger charge is -2.48. The van der Waals surface area contributed by atoms with Gasteiger partial charge in [0.05, 0.1) is 0 Å². The van der Waals surface area contributed by atoms with Gasteiger partial charge < -0.3 is 15.6 Å². The minimum atomic E-state index is -0.695. The second kappa shape index (κ2) is 10.4. The Kier molecular flexibility index (Phi) is 7.04. The maximum atomic E-state index is 13.7. The summed E-state index contributed by atoms with van der Waals surface area (Å²) in [5.41, 5.74) is 7.73. The van der Waals surface area contributed by atoms with Crippen molar-refractivity contribution in [3.8, 4) is 5.88 Å². The number of nitrogens with two attached hydrogens (primary N) is 1. The molecule has 5 rings (SSSR count). The number of nitrogens with zero attached hydrogens (tertiary/aromatic N) is 4. The maximum Gasteiger partial charge on any atom is 0.356 e. The zero-order valence-electron chi connectivity index (χ0n) is 19.7. The molecular weight excluding hydrogens is 514 g/mol. The van der Waals surface area contributed by atoms with Gasteiger partial charge in [-0.05, 0) is 16.7 Å². The summed E-state index contributed by atoms with van der Waals surface area (Å²) < 4.78 is 7.25. The van der Waals surface area contributed by atoms with Crippen LogP contribution < -0.4 is 11.3 Å². The fourth-order valence-electron chi connectivity index (χ4n) is 4.14. The van der Waals surface area contributed by atoms with E-state index in [4.69, 9.17) is 10.5 Å². The number of thioether (sulfide) groups is 2. The Labute approximate surface area is 220 Å². The molecule has 0 saturated carbocycles. The Morgan fingerprint density at radius 2 is 1.76 bits per heavy atom. The molecule has 37 heavy (non-hydrogen) atoms. The summed E-state index contributed by atoms with van der Waals surface area (Å²) in [6, 6.07) is 18.1. The monoisotopic (exact) mass is 537 g/mol. The molecule has 10 nitrogen and oxygen atoms in total. The fraction of sp³-hybridized carbons (Fsp3) is 0.240. The third kappa shape index (κ3) is 4.75. The van der Waals surface area contributed by atoms with Gasteiger partial charge >= 0.3 is 11.5 Å². The standard InChI is InChI=1S/C25H23N5O5S2/c1-29-22(33)20(31)27-28-25(29)37-13-16-12-36-23-17(26)21(32)30(23)18(16)24(34)35-19(14-8-4-2-5-9-14)15-10-6-3-7-11-15/h2-11,17,19,23H,12-13,26H2,1H3,(H,27,31)/t17?,23-/m0/s1. The lowest BCUT2D eigenvalue weighted by Crippen LogP contribution is -2.68. The van der Waals surface area contributed by atoms with E-state index in [-0.39, 0.29) is 27.9 Å². The van der Waals surface area contributed by atoms with Gasteiger partial charge in [0.1, 0.15) is 17.1 Å². The molecule has 0 radical (unpaired) electrons. The predicted molar refractivity (Wildman–Crippen MR) is 139 cm³/mol. The highest BCUT2D eigenvalue weighted by atomic mass is 32.2. The molecular formula is C25H23N5O5S2. The van der Waals surface area contributed by atoms with E-state index in [0.717, 1.165) is 11.1 Å². The highest BCUT2D eigenvalue weighted by Gasteiger charge is 2.52. The summed E-state index contributed by atoms with van der Waals surface area (Å²) in [7, 11) is 1.47. The molecule has 2 aromatic carbocycles. The van der Waals surface area contributed by atoms with Gasteiger partial charge in [-0.15, -0.1) is 22.0 Å². The average Bonchev–Trinajstić information content (AvgIpc) is 2.94. The topological polar surface area (TPSA) is 141 Å². The molecule has 3 aromatic rings. The smallest absolute Gasteiger partial charge is 0.356 e. The molecule has 1 fully saturated rings. The van der Waals surface area contributed by atoms with E-state index in [1.807, 2.05) is 60.7 Å². The highest BCUT2D eigenvalue weighted by molar-refractivity contribution is 8.01. The maximum absolute atomic E-state index is 13.7. The van der Waals surface area contributed by atoms with Crippen molar-refractivity contribution in [1.29, 1.82) is 0 Å². The minimum absolute atomic E-state index is 0.163. The van der Waals surface area contributed by atoms with Crippen LogP contribution in [0.2, 0.25) is 0 Å². The first kappa shape index (κ1) is 25.1. The third-order valence-corrected chi connectivity index (χ3v) is 8.57. The number of ether oxygens (including phenoxy) is 1. The number of esters is 1. The zero-order valence-corrected chi connectivity index (χ0v) is 21.3. The largest absolute Gasteiger partial charge is 0.488 e. The SMILES string of the molecule is Cn1c(SCC2=C(C(=O)OC(c3ccccc3)c3ccccc3)N3C(=O)C(N)[C@@H]3SC2)nnc(O)c1=O. The summed E-state index contributed by atoms with van der Waals surface area (Å²) in [5, 5.41) is 16.8. The molecule has 1 unspecified atom stereocenters. The molecule has 1 amide bonds. The third-order valence-electron chi connectivity index (χ3n) is 6.10. The molecule has 0 spiro atoms. The molecule has 3 heterocycles. The first-order valence-corrected chi connectivity index (χ1v) is 13.4. The van der Waals surface area contributed by atoms with Crippen LogP contribution in [0.1, 0.15) is 17.2 Å². The molecule has 0 aliphatic carbocycles. The van der Waals surface area contributed by atoms with Gasteiger partial charge in [-0.1, -0.05) is 72.4 Å². The van der Waals surface area contributed by atoms with Gasteiger partial charge in [0, 0.05) is 18.6 Å². The van der Waals surface area contributed by atoms with E-state index in [1.165, 1.54) is 40.0 Å². The van der Waals surface area contributed by atoms with E-state index < -0.39 is 29.6 Å². The number of fused-ring (bicyclic) bond motifs is 1. The molecule has 190 valence electrons. The number of aromatic hydroxyl groups is 1. The van der Waals surface area contributed by atoms with E-state index in [1.54, 1.807) is 0 Å². The summed E-state index contributed by atoms with van der Waals surface area (Å²) in [6.45, 7) is 0. The van der Waals surface area contributed by atoms with Crippen molar-refractivity contribution >= 4 is 35.4 Å². The average molecular weight is 538 g/mol. The van der Waals surface area contributed by atoms with Gasteiger partial charge in [-0.3, -0.25) is 19.1 Å². The summed E-state index contributed by atoms with van der Waals surface area (Å²) in [6.07, 6.45) is -0.682. The van der Waals surface area contributed by atoms with E-state index in [0.29, 0.717) is 11.3 Å². The fourth-order valence-corrected chi connectivity index (χ4v) is 6.48. The van der Waals surface area contributed by atoms with Crippen molar-refractivity contribution in [3.63, 3.8) is 0 Å². The highest BCUT2D eigenvalue weighted by Crippen LogP contribution is 2.42. The zero-order chi connectivity index (χ0) is 26.1. The van der Waals surface area contributed by atoms with Crippen molar-refractivity contribution in [1.82, 2.24) is 19.7 Å². The Hall–Kier alpha value is -3.61. The van der Waals surface area contributed by atoms with Gasteiger partial charge in [0.15, 0.2) is 11.3 Å². The number of aromatic nitrogens is 3. The number of hydrogen-bond acceptors (Lipinski definition) is 10. The van der Waals surface area contributed by atoms with Crippen molar-refractivity contribution in [3.05, 3.63) is 93.4 Å². The van der Waals surface area contributed by atoms with Gasteiger partial charge in [-0.2, -0.15) is 0 Å². The van der Waals surface area contributed by atoms with Crippen LogP contribution in [0.15, 0.2) is 81.9 Å². The van der Waals surface area contributed by atoms with Gasteiger partial charge in [-0.25, -0.2) is 4.79 Å². The number of hydrogen-bond donors (Lipinski definition) is 2. The molecule has 2 aliphatic rings. The Balaban J connectivity index is 1.48. The Bertz CT molecular complexity index is 1390. The summed E-state index contributed by atoms with van der Waals surface area (Å²) in [4.78, 5) is 39.9. The van der Waals surface area contributed by atoms with Gasteiger partial charge in [0.25, 0.3) is 5.88 Å². The van der Waals surface area contributed by atoms with E-state index in [2.05, 4.69) is 10.2 Å². The van der Waals surface area contributed by atoms with Crippen molar-refractivity contribution in [2.45, 2.75) is 22.7 Å². The van der Waals surface area contributed by atoms with Crippen LogP contribution >= 0.6 is 23.5 Å². The molecule has 2 atom stereocenters. The second-order valence-electron chi connectivity index (χ2n) is 8.45. The van der Waals surface area contributed by atoms with Crippen LogP contribution in [0.5, 0.6) is 5.88 Å². The lowest BCUT2D eigenvalue weighted by atomic mass is 10.0. The minimum Gasteiger partial charge on any atom is -0.488 e. The molecule has 1 aromatic heterocycles. The van der Waals surface area contributed by atoms with Crippen LogP contribution in [-0.2, 0) is 21.4 Å². The first-order valence-electron chi connectivity index (χ1n) is 11.4. The van der Waals surface area contributed by atoms with Gasteiger partial charge in [0.2, 0.25) is 5.91 Å². The molecule has 2 aliphatic heterocycles. The molecule has 3 N–H and O–H groups in total. The first-order chi connectivity index (χ1) is 17.9. The quantitative estimate of drug-likeness (QED) is 0.260. The van der Waals surface area contributed by atoms with E-state index in [9.17, 15) is 19.5 Å². The normalized spacial score (nSPS) is 19.0. The molecule has 1 saturated heterocycles. The Morgan fingerprint density at radius 1 is 1.14 bits per heavy atom. The Morgan fingerprint density at radius 3 is 2.38 bits per heavy atom. The molecule has 0 bridgehead atoms. The van der Waals surface area contributed by atoms with Crippen LogP contribution in [0.4, 0.5) is 0 Å². The van der Waals surface area contributed by atoms with Crippen LogP contribution in [0.25, 0.3) is 0 Å². The van der Waals surface area contributed by atoms with E-state index >= 15 is 0 Å². The second-order valence-corrected chi connectivity index (χ2v) is 10.5. The predicted octanol–water partition coefficient (Wildman–Crippen LogP) is 1.80. The molecule has 12 heteroatoms. The number of carbonyl (C=O) groups is 2. The van der Waals surface area contributed by atoms with Crippen molar-refractivity contribution < 1.29 is 19.4 Å². The number of benzene rings is 2. The van der Waals surface area contributed by atoms with Crippen LogP contribution in [-0.4, -0.2) is 59.6 Å². The van der Waals surface area contributed by atoms with Crippen molar-refractivity contribution in [2.75, 3.05) is 11.5 Å². The summed E-state index contributed by atoms with van der Waals surface area (Å²) >= 11 is 2.64. The lowest BCUT2D eigenvalue weighted by molar-refractivity contribution is -0.153. The number of rotatable bonds is 7. The van der Waals surface area contributed by atoms with Crippen molar-refractivity contribution in [2.24, 2.45) is 12.8 Å². The van der Waals surface area contributed by atoms with Crippen LogP contribution in [0, 0.1) is 0 Å².